The molecule has 0 radical (unpaired) electrons. The van der Waals surface area contributed by atoms with E-state index < -0.39 is 12.5 Å². The standard InChI is InChI=1S/C10H16F2N4O/c1-3-6-7(4-2)15-16-10(14-6)13-5-8(17)9(11)12/h8-9,17H,3-5H2,1-2H3,(H,13,14,16). The van der Waals surface area contributed by atoms with E-state index >= 15 is 0 Å². The normalized spacial score (nSPS) is 12.8. The molecule has 1 aromatic heterocycles. The Morgan fingerprint density at radius 2 is 1.82 bits per heavy atom. The second-order valence-electron chi connectivity index (χ2n) is 3.52. The van der Waals surface area contributed by atoms with Gasteiger partial charge in [0.1, 0.15) is 6.10 Å². The van der Waals surface area contributed by atoms with Crippen LogP contribution in [0.15, 0.2) is 0 Å². The minimum atomic E-state index is -2.78. The number of hydrogen-bond donors (Lipinski definition) is 2. The predicted molar refractivity (Wildman–Crippen MR) is 59.1 cm³/mol. The minimum absolute atomic E-state index is 0.166. The van der Waals surface area contributed by atoms with Crippen molar-refractivity contribution in [2.45, 2.75) is 39.2 Å². The van der Waals surface area contributed by atoms with Crippen molar-refractivity contribution in [2.24, 2.45) is 0 Å². The highest BCUT2D eigenvalue weighted by atomic mass is 19.3. The number of nitrogens with zero attached hydrogens (tertiary/aromatic N) is 3. The average molecular weight is 246 g/mol. The number of aryl methyl sites for hydroxylation is 2. The lowest BCUT2D eigenvalue weighted by molar-refractivity contribution is 0.00375. The Hall–Kier alpha value is -1.37. The molecular formula is C10H16F2N4O. The zero-order valence-electron chi connectivity index (χ0n) is 9.82. The molecule has 0 saturated heterocycles. The summed E-state index contributed by atoms with van der Waals surface area (Å²) in [5.74, 6) is 0.166. The van der Waals surface area contributed by atoms with Crippen LogP contribution in [0.4, 0.5) is 14.7 Å². The van der Waals surface area contributed by atoms with E-state index in [0.717, 1.165) is 17.8 Å². The van der Waals surface area contributed by atoms with E-state index in [1.807, 2.05) is 13.8 Å². The molecule has 0 spiro atoms. The Morgan fingerprint density at radius 3 is 2.35 bits per heavy atom. The second kappa shape index (κ2) is 6.39. The number of nitrogens with one attached hydrogen (secondary N) is 1. The number of rotatable bonds is 6. The van der Waals surface area contributed by atoms with Gasteiger partial charge in [0.2, 0.25) is 5.95 Å². The predicted octanol–water partition coefficient (Wildman–Crippen LogP) is 1.03. The smallest absolute Gasteiger partial charge is 0.265 e. The van der Waals surface area contributed by atoms with Crippen molar-refractivity contribution in [3.63, 3.8) is 0 Å². The summed E-state index contributed by atoms with van der Waals surface area (Å²) in [6.07, 6.45) is -3.08. The Kier molecular flexibility index (Phi) is 5.14. The summed E-state index contributed by atoms with van der Waals surface area (Å²) < 4.78 is 24.1. The third kappa shape index (κ3) is 3.85. The van der Waals surface area contributed by atoms with E-state index in [1.165, 1.54) is 0 Å². The zero-order chi connectivity index (χ0) is 12.8. The highest BCUT2D eigenvalue weighted by molar-refractivity contribution is 5.25. The lowest BCUT2D eigenvalue weighted by atomic mass is 10.2. The van der Waals surface area contributed by atoms with E-state index in [1.54, 1.807) is 0 Å². The third-order valence-electron chi connectivity index (χ3n) is 2.27. The lowest BCUT2D eigenvalue weighted by Gasteiger charge is -2.11. The first-order valence-corrected chi connectivity index (χ1v) is 5.51. The van der Waals surface area contributed by atoms with Crippen molar-refractivity contribution in [3.05, 3.63) is 11.4 Å². The number of aliphatic hydroxyl groups is 1. The van der Waals surface area contributed by atoms with Gasteiger partial charge in [0, 0.05) is 6.54 Å². The summed E-state index contributed by atoms with van der Waals surface area (Å²) in [6, 6.07) is 0. The summed E-state index contributed by atoms with van der Waals surface area (Å²) in [7, 11) is 0. The van der Waals surface area contributed by atoms with Crippen LogP contribution in [-0.4, -0.2) is 39.4 Å². The molecule has 17 heavy (non-hydrogen) atoms. The molecule has 0 amide bonds. The second-order valence-corrected chi connectivity index (χ2v) is 3.52. The molecule has 0 aliphatic rings. The van der Waals surface area contributed by atoms with Crippen LogP contribution in [0.2, 0.25) is 0 Å². The van der Waals surface area contributed by atoms with Crippen LogP contribution >= 0.6 is 0 Å². The highest BCUT2D eigenvalue weighted by Gasteiger charge is 2.17. The summed E-state index contributed by atoms with van der Waals surface area (Å²) in [6.45, 7) is 3.58. The molecule has 0 bridgehead atoms. The molecule has 2 N–H and O–H groups in total. The summed E-state index contributed by atoms with van der Waals surface area (Å²) >= 11 is 0. The third-order valence-corrected chi connectivity index (χ3v) is 2.27. The summed E-state index contributed by atoms with van der Waals surface area (Å²) in [5.41, 5.74) is 1.59. The molecule has 0 fully saturated rings. The first kappa shape index (κ1) is 13.7. The minimum Gasteiger partial charge on any atom is -0.385 e. The van der Waals surface area contributed by atoms with Crippen LogP contribution in [-0.2, 0) is 12.8 Å². The summed E-state index contributed by atoms with van der Waals surface area (Å²) in [4.78, 5) is 4.15. The first-order chi connectivity index (χ1) is 8.08. The maximum atomic E-state index is 12.0. The molecular weight excluding hydrogens is 230 g/mol. The molecule has 1 unspecified atom stereocenters. The molecule has 0 aliphatic carbocycles. The maximum Gasteiger partial charge on any atom is 0.265 e. The molecule has 96 valence electrons. The molecule has 5 nitrogen and oxygen atoms in total. The fourth-order valence-electron chi connectivity index (χ4n) is 1.30. The number of alkyl halides is 2. The van der Waals surface area contributed by atoms with Gasteiger partial charge < -0.3 is 10.4 Å². The van der Waals surface area contributed by atoms with E-state index in [9.17, 15) is 8.78 Å². The van der Waals surface area contributed by atoms with E-state index in [2.05, 4.69) is 20.5 Å². The molecule has 1 rings (SSSR count). The van der Waals surface area contributed by atoms with Crippen molar-refractivity contribution in [2.75, 3.05) is 11.9 Å². The fraction of sp³-hybridized carbons (Fsp3) is 0.700. The van der Waals surface area contributed by atoms with Crippen molar-refractivity contribution < 1.29 is 13.9 Å². The van der Waals surface area contributed by atoms with Gasteiger partial charge in [-0.25, -0.2) is 13.8 Å². The van der Waals surface area contributed by atoms with Gasteiger partial charge in [0.15, 0.2) is 0 Å². The molecule has 0 aromatic carbocycles. The number of aliphatic hydroxyl groups excluding tert-OH is 1. The van der Waals surface area contributed by atoms with Crippen molar-refractivity contribution in [3.8, 4) is 0 Å². The van der Waals surface area contributed by atoms with Crippen molar-refractivity contribution >= 4 is 5.95 Å². The van der Waals surface area contributed by atoms with Gasteiger partial charge >= 0.3 is 0 Å². The van der Waals surface area contributed by atoms with E-state index in [4.69, 9.17) is 5.11 Å². The number of aromatic nitrogens is 3. The van der Waals surface area contributed by atoms with Gasteiger partial charge in [-0.15, -0.1) is 5.10 Å². The molecule has 1 heterocycles. The van der Waals surface area contributed by atoms with Crippen molar-refractivity contribution in [1.29, 1.82) is 0 Å². The molecule has 1 atom stereocenters. The number of anilines is 1. The van der Waals surface area contributed by atoms with Crippen LogP contribution in [0.3, 0.4) is 0 Å². The quantitative estimate of drug-likeness (QED) is 0.784. The topological polar surface area (TPSA) is 70.9 Å². The van der Waals surface area contributed by atoms with Gasteiger partial charge in [0.05, 0.1) is 11.4 Å². The Morgan fingerprint density at radius 1 is 1.18 bits per heavy atom. The van der Waals surface area contributed by atoms with Crippen LogP contribution in [0.1, 0.15) is 25.2 Å². The fourth-order valence-corrected chi connectivity index (χ4v) is 1.30. The first-order valence-electron chi connectivity index (χ1n) is 5.51. The van der Waals surface area contributed by atoms with Crippen LogP contribution in [0.5, 0.6) is 0 Å². The molecule has 1 aromatic rings. The Labute approximate surface area is 98.3 Å². The van der Waals surface area contributed by atoms with Gasteiger partial charge in [-0.3, -0.25) is 0 Å². The van der Waals surface area contributed by atoms with Crippen LogP contribution in [0, 0.1) is 0 Å². The van der Waals surface area contributed by atoms with Crippen LogP contribution in [0.25, 0.3) is 0 Å². The maximum absolute atomic E-state index is 12.0. The van der Waals surface area contributed by atoms with Crippen LogP contribution < -0.4 is 5.32 Å². The highest BCUT2D eigenvalue weighted by Crippen LogP contribution is 2.07. The van der Waals surface area contributed by atoms with Gasteiger partial charge in [-0.2, -0.15) is 5.10 Å². The van der Waals surface area contributed by atoms with Gasteiger partial charge in [0.25, 0.3) is 6.43 Å². The Bertz CT molecular complexity index is 362. The van der Waals surface area contributed by atoms with Gasteiger partial charge in [-0.05, 0) is 12.8 Å². The monoisotopic (exact) mass is 246 g/mol. The largest absolute Gasteiger partial charge is 0.385 e. The summed E-state index contributed by atoms with van der Waals surface area (Å²) in [5, 5.41) is 19.2. The van der Waals surface area contributed by atoms with E-state index in [0.29, 0.717) is 6.42 Å². The number of hydrogen-bond acceptors (Lipinski definition) is 5. The SMILES string of the molecule is CCc1nnc(NCC(O)C(F)F)nc1CC. The van der Waals surface area contributed by atoms with Crippen molar-refractivity contribution in [1.82, 2.24) is 15.2 Å². The lowest BCUT2D eigenvalue weighted by Crippen LogP contribution is -2.27. The average Bonchev–Trinajstić information content (AvgIpc) is 2.35. The molecule has 7 heteroatoms. The molecule has 0 aliphatic heterocycles. The zero-order valence-corrected chi connectivity index (χ0v) is 9.82. The van der Waals surface area contributed by atoms with E-state index in [-0.39, 0.29) is 12.5 Å². The van der Waals surface area contributed by atoms with Gasteiger partial charge in [-0.1, -0.05) is 13.8 Å². The number of halogens is 2. The molecule has 0 saturated carbocycles. The Balaban J connectivity index is 2.66.